The third-order valence-electron chi connectivity index (χ3n) is 3.81. The van der Waals surface area contributed by atoms with E-state index in [9.17, 15) is 0 Å². The molecule has 0 aromatic heterocycles. The summed E-state index contributed by atoms with van der Waals surface area (Å²) in [5, 5.41) is 2.92. The zero-order chi connectivity index (χ0) is 9.83. The van der Waals surface area contributed by atoms with E-state index in [1.807, 2.05) is 0 Å². The molecule has 72 valence electrons. The molecule has 0 N–H and O–H groups in total. The summed E-state index contributed by atoms with van der Waals surface area (Å²) in [6.07, 6.45) is 7.25. The van der Waals surface area contributed by atoms with Crippen LogP contribution in [0.3, 0.4) is 0 Å². The molecule has 2 aromatic rings. The quantitative estimate of drug-likeness (QED) is 0.594. The summed E-state index contributed by atoms with van der Waals surface area (Å²) in [5.74, 6) is 0.693. The van der Waals surface area contributed by atoms with Crippen LogP contribution in [0.15, 0.2) is 36.4 Å². The van der Waals surface area contributed by atoms with E-state index in [4.69, 9.17) is 0 Å². The summed E-state index contributed by atoms with van der Waals surface area (Å²) in [5.41, 5.74) is 4.59. The third kappa shape index (κ3) is 0.872. The van der Waals surface area contributed by atoms with Crippen LogP contribution in [-0.2, 0) is 6.42 Å². The van der Waals surface area contributed by atoms with E-state index in [1.54, 1.807) is 11.1 Å². The molecule has 0 amide bonds. The molecule has 0 radical (unpaired) electrons. The minimum Gasteiger partial charge on any atom is -0.0763 e. The molecule has 15 heavy (non-hydrogen) atoms. The Morgan fingerprint density at radius 3 is 3.07 bits per heavy atom. The zero-order valence-electron chi connectivity index (χ0n) is 8.53. The van der Waals surface area contributed by atoms with Crippen LogP contribution in [0.5, 0.6) is 0 Å². The number of rotatable bonds is 0. The monoisotopic (exact) mass is 192 g/mol. The minimum atomic E-state index is 0.693. The normalized spacial score (nSPS) is 21.2. The molecule has 0 bridgehead atoms. The fourth-order valence-corrected chi connectivity index (χ4v) is 3.13. The van der Waals surface area contributed by atoms with Gasteiger partial charge in [-0.1, -0.05) is 42.5 Å². The maximum Gasteiger partial charge on any atom is 0.00335 e. The molecule has 1 unspecified atom stereocenters. The summed E-state index contributed by atoms with van der Waals surface area (Å²) in [4.78, 5) is 0. The summed E-state index contributed by atoms with van der Waals surface area (Å²) >= 11 is 0. The number of aryl methyl sites for hydroxylation is 1. The molecule has 0 heterocycles. The fraction of sp³-hybridized carbons (Fsp3) is 0.200. The second-order valence-corrected chi connectivity index (χ2v) is 4.59. The lowest BCUT2D eigenvalue weighted by Gasteiger charge is -2.17. The van der Waals surface area contributed by atoms with Gasteiger partial charge in [0.25, 0.3) is 0 Å². The van der Waals surface area contributed by atoms with Gasteiger partial charge in [0.05, 0.1) is 0 Å². The van der Waals surface area contributed by atoms with Gasteiger partial charge in [0.2, 0.25) is 0 Å². The largest absolute Gasteiger partial charge is 0.0763 e. The number of hydrogen-bond acceptors (Lipinski definition) is 0. The van der Waals surface area contributed by atoms with Crippen LogP contribution in [0, 0.1) is 0 Å². The molecule has 0 nitrogen and oxygen atoms in total. The third-order valence-corrected chi connectivity index (χ3v) is 3.81. The van der Waals surface area contributed by atoms with Crippen molar-refractivity contribution in [3.8, 4) is 0 Å². The first kappa shape index (κ1) is 7.70. The van der Waals surface area contributed by atoms with Gasteiger partial charge in [-0.2, -0.15) is 0 Å². The molecular weight excluding hydrogens is 180 g/mol. The van der Waals surface area contributed by atoms with Crippen molar-refractivity contribution >= 4 is 16.8 Å². The molecule has 2 aliphatic carbocycles. The van der Waals surface area contributed by atoms with Gasteiger partial charge in [-0.25, -0.2) is 0 Å². The predicted octanol–water partition coefficient (Wildman–Crippen LogP) is 3.90. The molecule has 1 atom stereocenters. The van der Waals surface area contributed by atoms with Crippen molar-refractivity contribution in [1.82, 2.24) is 0 Å². The highest BCUT2D eigenvalue weighted by Gasteiger charge is 2.25. The maximum absolute atomic E-state index is 2.38. The van der Waals surface area contributed by atoms with Gasteiger partial charge in [-0.15, -0.1) is 0 Å². The molecule has 0 saturated carbocycles. The highest BCUT2D eigenvalue weighted by atomic mass is 14.3. The SMILES string of the molecule is C1=CC2CCc3ccc4cccc1c4c32. The summed E-state index contributed by atoms with van der Waals surface area (Å²) < 4.78 is 0. The van der Waals surface area contributed by atoms with Crippen LogP contribution in [0.1, 0.15) is 29.0 Å². The van der Waals surface area contributed by atoms with Crippen molar-refractivity contribution in [2.24, 2.45) is 0 Å². The number of allylic oxidation sites excluding steroid dienone is 1. The van der Waals surface area contributed by atoms with Crippen LogP contribution in [-0.4, -0.2) is 0 Å². The smallest absolute Gasteiger partial charge is 0.00335 e. The van der Waals surface area contributed by atoms with E-state index in [2.05, 4.69) is 42.5 Å². The summed E-state index contributed by atoms with van der Waals surface area (Å²) in [6, 6.07) is 11.2. The first-order valence-corrected chi connectivity index (χ1v) is 5.66. The average molecular weight is 192 g/mol. The summed E-state index contributed by atoms with van der Waals surface area (Å²) in [7, 11) is 0. The maximum atomic E-state index is 2.38. The van der Waals surface area contributed by atoms with Crippen molar-refractivity contribution in [3.05, 3.63) is 53.1 Å². The Kier molecular flexibility index (Phi) is 1.29. The lowest BCUT2D eigenvalue weighted by Crippen LogP contribution is -1.96. The molecule has 0 fully saturated rings. The van der Waals surface area contributed by atoms with Crippen molar-refractivity contribution in [1.29, 1.82) is 0 Å². The van der Waals surface area contributed by atoms with E-state index in [1.165, 1.54) is 29.2 Å². The van der Waals surface area contributed by atoms with E-state index < -0.39 is 0 Å². The van der Waals surface area contributed by atoms with Crippen LogP contribution < -0.4 is 0 Å². The zero-order valence-corrected chi connectivity index (χ0v) is 8.53. The van der Waals surface area contributed by atoms with Gasteiger partial charge in [0, 0.05) is 5.92 Å². The Morgan fingerprint density at radius 2 is 2.07 bits per heavy atom. The van der Waals surface area contributed by atoms with Crippen LogP contribution in [0.4, 0.5) is 0 Å². The second-order valence-electron chi connectivity index (χ2n) is 4.59. The molecule has 0 saturated heterocycles. The minimum absolute atomic E-state index is 0.693. The van der Waals surface area contributed by atoms with Crippen molar-refractivity contribution in [2.45, 2.75) is 18.8 Å². The van der Waals surface area contributed by atoms with Crippen LogP contribution in [0.25, 0.3) is 16.8 Å². The van der Waals surface area contributed by atoms with Gasteiger partial charge < -0.3 is 0 Å². The highest BCUT2D eigenvalue weighted by molar-refractivity contribution is 5.96. The van der Waals surface area contributed by atoms with Crippen LogP contribution >= 0.6 is 0 Å². The first-order valence-electron chi connectivity index (χ1n) is 5.66. The molecule has 0 aliphatic heterocycles. The van der Waals surface area contributed by atoms with Crippen molar-refractivity contribution in [2.75, 3.05) is 0 Å². The van der Waals surface area contributed by atoms with E-state index >= 15 is 0 Å². The van der Waals surface area contributed by atoms with Gasteiger partial charge in [-0.3, -0.25) is 0 Å². The van der Waals surface area contributed by atoms with Crippen LogP contribution in [0.2, 0.25) is 0 Å². The first-order chi connectivity index (χ1) is 7.43. The van der Waals surface area contributed by atoms with Crippen molar-refractivity contribution < 1.29 is 0 Å². The van der Waals surface area contributed by atoms with Gasteiger partial charge >= 0.3 is 0 Å². The van der Waals surface area contributed by atoms with Gasteiger partial charge in [-0.05, 0) is 40.3 Å². The highest BCUT2D eigenvalue weighted by Crippen LogP contribution is 2.43. The molecule has 0 heteroatoms. The standard InChI is InChI=1S/C15H12/c1-2-10-4-6-12-8-9-13-7-5-11(3-1)14(10)15(12)13/h1-7,12H,8-9H2. The molecule has 0 spiro atoms. The lowest BCUT2D eigenvalue weighted by molar-refractivity contribution is 0.818. The Morgan fingerprint density at radius 1 is 1.07 bits per heavy atom. The number of hydrogen-bond donors (Lipinski definition) is 0. The summed E-state index contributed by atoms with van der Waals surface area (Å²) in [6.45, 7) is 0. The molecule has 4 rings (SSSR count). The van der Waals surface area contributed by atoms with E-state index in [-0.39, 0.29) is 0 Å². The topological polar surface area (TPSA) is 0 Å². The van der Waals surface area contributed by atoms with Gasteiger partial charge in [0.15, 0.2) is 0 Å². The second kappa shape index (κ2) is 2.52. The Labute approximate surface area is 89.2 Å². The van der Waals surface area contributed by atoms with Crippen molar-refractivity contribution in [3.63, 3.8) is 0 Å². The average Bonchev–Trinajstić information content (AvgIpc) is 2.71. The Balaban J connectivity index is 2.28. The Hall–Kier alpha value is -1.56. The number of benzene rings is 2. The predicted molar refractivity (Wildman–Crippen MR) is 64.0 cm³/mol. The molecule has 2 aliphatic rings. The lowest BCUT2D eigenvalue weighted by atomic mass is 9.87. The molecular formula is C15H12. The van der Waals surface area contributed by atoms with E-state index in [0.717, 1.165) is 0 Å². The van der Waals surface area contributed by atoms with Gasteiger partial charge in [0.1, 0.15) is 0 Å². The van der Waals surface area contributed by atoms with E-state index in [0.29, 0.717) is 5.92 Å². The Bertz CT molecular complexity index is 590. The fourth-order valence-electron chi connectivity index (χ4n) is 3.13. The molecule has 2 aromatic carbocycles.